The van der Waals surface area contributed by atoms with E-state index in [0.29, 0.717) is 18.8 Å². The number of nitrogens with zero attached hydrogens (tertiary/aromatic N) is 2. The molecule has 2 aliphatic heterocycles. The Labute approximate surface area is 200 Å². The Hall–Kier alpha value is -2.49. The van der Waals surface area contributed by atoms with Crippen molar-refractivity contribution in [2.24, 2.45) is 0 Å². The minimum Gasteiger partial charge on any atom is -0.489 e. The Morgan fingerprint density at radius 3 is 2.50 bits per heavy atom. The maximum Gasteiger partial charge on any atom is 0.304 e. The highest BCUT2D eigenvalue weighted by Gasteiger charge is 2.33. The first-order valence-corrected chi connectivity index (χ1v) is 13.4. The smallest absolute Gasteiger partial charge is 0.304 e. The van der Waals surface area contributed by atoms with Gasteiger partial charge in [-0.2, -0.15) is 12.7 Å². The largest absolute Gasteiger partial charge is 0.489 e. The van der Waals surface area contributed by atoms with Crippen molar-refractivity contribution in [1.29, 1.82) is 0 Å². The zero-order chi connectivity index (χ0) is 23.7. The molecule has 7 nitrogen and oxygen atoms in total. The summed E-state index contributed by atoms with van der Waals surface area (Å²) >= 11 is 0. The number of halogens is 1. The molecule has 1 amide bonds. The summed E-state index contributed by atoms with van der Waals surface area (Å²) in [6.07, 6.45) is 4.45. The van der Waals surface area contributed by atoms with Crippen LogP contribution in [0.2, 0.25) is 0 Å². The zero-order valence-electron chi connectivity index (χ0n) is 19.1. The molecule has 2 heterocycles. The topological polar surface area (TPSA) is 79.0 Å². The van der Waals surface area contributed by atoms with Crippen LogP contribution in [0.3, 0.4) is 0 Å². The van der Waals surface area contributed by atoms with Crippen molar-refractivity contribution in [3.8, 4) is 5.75 Å². The second kappa shape index (κ2) is 9.64. The molecule has 0 radical (unpaired) electrons. The first-order chi connectivity index (χ1) is 16.4. The molecule has 182 valence electrons. The van der Waals surface area contributed by atoms with Crippen LogP contribution in [0, 0.1) is 5.82 Å². The third-order valence-electron chi connectivity index (χ3n) is 6.74. The molecule has 1 N–H and O–H groups in total. The van der Waals surface area contributed by atoms with Crippen molar-refractivity contribution in [3.63, 3.8) is 0 Å². The van der Waals surface area contributed by atoms with Crippen LogP contribution in [0.4, 0.5) is 4.39 Å². The van der Waals surface area contributed by atoms with Crippen LogP contribution in [0.25, 0.3) is 0 Å². The molecule has 0 unspecified atom stereocenters. The number of hydrogen-bond acceptors (Lipinski definition) is 5. The third-order valence-corrected chi connectivity index (χ3v) is 8.23. The van der Waals surface area contributed by atoms with Gasteiger partial charge in [0, 0.05) is 32.2 Å². The molecule has 0 bridgehead atoms. The van der Waals surface area contributed by atoms with E-state index >= 15 is 0 Å². The Morgan fingerprint density at radius 2 is 1.82 bits per heavy atom. The van der Waals surface area contributed by atoms with E-state index in [1.54, 1.807) is 0 Å². The maximum absolute atomic E-state index is 15.0. The van der Waals surface area contributed by atoms with Crippen LogP contribution < -0.4 is 9.46 Å². The lowest BCUT2D eigenvalue weighted by Crippen LogP contribution is -2.49. The Balaban J connectivity index is 1.30. The first-order valence-electron chi connectivity index (χ1n) is 12.0. The Kier molecular flexibility index (Phi) is 6.59. The summed E-state index contributed by atoms with van der Waals surface area (Å²) in [4.78, 5) is 15.0. The minimum atomic E-state index is -3.94. The molecule has 2 saturated heterocycles. The number of benzene rings is 2. The SMILES string of the molecule is O=C(NS(=O)(=O)N1CCC1)c1cc(C2CC2)c(O[C@H]2CCCN(Cc3ccccc3)C2)cc1F. The minimum absolute atomic E-state index is 0.0687. The van der Waals surface area contributed by atoms with E-state index in [2.05, 4.69) is 17.0 Å². The molecule has 3 aliphatic rings. The molecule has 1 atom stereocenters. The van der Waals surface area contributed by atoms with Crippen LogP contribution in [-0.2, 0) is 16.8 Å². The Bertz CT molecular complexity index is 1150. The van der Waals surface area contributed by atoms with E-state index in [1.165, 1.54) is 22.0 Å². The molecule has 34 heavy (non-hydrogen) atoms. The van der Waals surface area contributed by atoms with Gasteiger partial charge in [0.25, 0.3) is 5.91 Å². The summed E-state index contributed by atoms with van der Waals surface area (Å²) < 4.78 is 49.0. The highest BCUT2D eigenvalue weighted by atomic mass is 32.2. The molecule has 1 aliphatic carbocycles. The lowest BCUT2D eigenvalue weighted by atomic mass is 10.0. The van der Waals surface area contributed by atoms with Crippen LogP contribution in [0.15, 0.2) is 42.5 Å². The second-order valence-corrected chi connectivity index (χ2v) is 11.1. The van der Waals surface area contributed by atoms with E-state index in [-0.39, 0.29) is 17.6 Å². The number of likely N-dealkylation sites (tertiary alicyclic amines) is 1. The van der Waals surface area contributed by atoms with Gasteiger partial charge in [-0.1, -0.05) is 30.3 Å². The van der Waals surface area contributed by atoms with E-state index in [4.69, 9.17) is 4.74 Å². The van der Waals surface area contributed by atoms with E-state index in [9.17, 15) is 17.6 Å². The van der Waals surface area contributed by atoms with E-state index in [0.717, 1.165) is 57.3 Å². The molecular weight excluding hydrogens is 457 g/mol. The van der Waals surface area contributed by atoms with Gasteiger partial charge in [-0.15, -0.1) is 0 Å². The van der Waals surface area contributed by atoms with Crippen molar-refractivity contribution in [3.05, 3.63) is 65.0 Å². The van der Waals surface area contributed by atoms with Crippen molar-refractivity contribution in [2.75, 3.05) is 26.2 Å². The van der Waals surface area contributed by atoms with Gasteiger partial charge in [0.15, 0.2) is 0 Å². The van der Waals surface area contributed by atoms with Crippen molar-refractivity contribution >= 4 is 16.1 Å². The number of carbonyl (C=O) groups is 1. The number of amides is 1. The maximum atomic E-state index is 15.0. The summed E-state index contributed by atoms with van der Waals surface area (Å²) in [5.41, 5.74) is 1.78. The standard InChI is InChI=1S/C25H30FN3O4S/c26-23-15-24(33-20-8-4-11-28(17-20)16-18-6-2-1-3-7-18)21(19-9-10-19)14-22(23)25(30)27-34(31,32)29-12-5-13-29/h1-3,6-7,14-15,19-20H,4-5,8-13,16-17H2,(H,27,30)/t20-/m0/s1. The number of piperidine rings is 1. The van der Waals surface area contributed by atoms with Crippen molar-refractivity contribution in [2.45, 2.75) is 50.7 Å². The molecule has 2 aromatic carbocycles. The van der Waals surface area contributed by atoms with Gasteiger partial charge in [-0.25, -0.2) is 9.11 Å². The van der Waals surface area contributed by atoms with Crippen LogP contribution >= 0.6 is 0 Å². The second-order valence-electron chi connectivity index (χ2n) is 9.44. The Morgan fingerprint density at radius 1 is 1.06 bits per heavy atom. The van der Waals surface area contributed by atoms with Gasteiger partial charge in [-0.3, -0.25) is 9.69 Å². The zero-order valence-corrected chi connectivity index (χ0v) is 19.9. The highest BCUT2D eigenvalue weighted by Crippen LogP contribution is 2.45. The number of hydrogen-bond donors (Lipinski definition) is 1. The third kappa shape index (κ3) is 5.26. The molecule has 0 spiro atoms. The summed E-state index contributed by atoms with van der Waals surface area (Å²) in [5.74, 6) is -1.04. The monoisotopic (exact) mass is 487 g/mol. The lowest BCUT2D eigenvalue weighted by molar-refractivity contribution is 0.0832. The van der Waals surface area contributed by atoms with Gasteiger partial charge in [0.1, 0.15) is 17.7 Å². The van der Waals surface area contributed by atoms with Gasteiger partial charge in [0.2, 0.25) is 0 Å². The van der Waals surface area contributed by atoms with Crippen molar-refractivity contribution < 1.29 is 22.3 Å². The highest BCUT2D eigenvalue weighted by molar-refractivity contribution is 7.87. The number of nitrogens with one attached hydrogen (secondary N) is 1. The molecule has 0 aromatic heterocycles. The van der Waals surface area contributed by atoms with E-state index in [1.807, 2.05) is 22.9 Å². The van der Waals surface area contributed by atoms with Crippen LogP contribution in [-0.4, -0.2) is 55.8 Å². The number of rotatable bonds is 8. The molecule has 1 saturated carbocycles. The van der Waals surface area contributed by atoms with Gasteiger partial charge in [0.05, 0.1) is 5.56 Å². The first kappa shape index (κ1) is 23.3. The molecule has 2 aromatic rings. The summed E-state index contributed by atoms with van der Waals surface area (Å²) in [6, 6.07) is 13.0. The molecule has 3 fully saturated rings. The van der Waals surface area contributed by atoms with Crippen LogP contribution in [0.1, 0.15) is 59.5 Å². The average molecular weight is 488 g/mol. The normalized spacial score (nSPS) is 21.6. The fourth-order valence-electron chi connectivity index (χ4n) is 4.60. The van der Waals surface area contributed by atoms with Gasteiger partial charge >= 0.3 is 10.2 Å². The summed E-state index contributed by atoms with van der Waals surface area (Å²) in [6.45, 7) is 3.32. The summed E-state index contributed by atoms with van der Waals surface area (Å²) in [5, 5.41) is 0. The number of ether oxygens (including phenoxy) is 1. The van der Waals surface area contributed by atoms with Crippen molar-refractivity contribution in [1.82, 2.24) is 13.9 Å². The quantitative estimate of drug-likeness (QED) is 0.617. The summed E-state index contributed by atoms with van der Waals surface area (Å²) in [7, 11) is -3.94. The van der Waals surface area contributed by atoms with E-state index < -0.39 is 21.9 Å². The predicted octanol–water partition coefficient (Wildman–Crippen LogP) is 3.43. The average Bonchev–Trinajstić information content (AvgIpc) is 3.58. The fraction of sp³-hybridized carbons (Fsp3) is 0.480. The van der Waals surface area contributed by atoms with Crippen LogP contribution in [0.5, 0.6) is 5.75 Å². The van der Waals surface area contributed by atoms with Gasteiger partial charge < -0.3 is 4.74 Å². The molecule has 9 heteroatoms. The lowest BCUT2D eigenvalue weighted by Gasteiger charge is -2.33. The molecular formula is C25H30FN3O4S. The predicted molar refractivity (Wildman–Crippen MR) is 126 cm³/mol. The van der Waals surface area contributed by atoms with Gasteiger partial charge in [-0.05, 0) is 61.8 Å². The number of carbonyl (C=O) groups excluding carboxylic acids is 1. The molecule has 5 rings (SSSR count). The fourth-order valence-corrected chi connectivity index (χ4v) is 5.81.